The summed E-state index contributed by atoms with van der Waals surface area (Å²) < 4.78 is 15.5. The van der Waals surface area contributed by atoms with E-state index >= 15 is 0 Å². The van der Waals surface area contributed by atoms with Gasteiger partial charge in [-0.15, -0.1) is 0 Å². The molecule has 1 N–H and O–H groups in total. The third-order valence-electron chi connectivity index (χ3n) is 3.66. The van der Waals surface area contributed by atoms with E-state index in [2.05, 4.69) is 21.5 Å². The molecule has 0 spiro atoms. The molecule has 0 radical (unpaired) electrons. The highest BCUT2D eigenvalue weighted by Gasteiger charge is 2.15. The molecule has 24 heavy (non-hydrogen) atoms. The van der Waals surface area contributed by atoms with E-state index in [-0.39, 0.29) is 18.0 Å². The standard InChI is InChI=1S/C17H14FN5O/c1-3-16(24)21-14-8-11(4-5-13(14)18)15-6-7-20-17-12(9-19)10(2)22-23(15)17/h4-8H,3H2,1-2H3,(H,21,24). The molecule has 7 heteroatoms. The van der Waals surface area contributed by atoms with Crippen LogP contribution in [0.1, 0.15) is 24.6 Å². The van der Waals surface area contributed by atoms with Crippen LogP contribution in [0.25, 0.3) is 16.9 Å². The van der Waals surface area contributed by atoms with Crippen LogP contribution >= 0.6 is 0 Å². The first kappa shape index (κ1) is 15.6. The molecule has 0 bridgehead atoms. The van der Waals surface area contributed by atoms with Gasteiger partial charge in [0.05, 0.1) is 17.1 Å². The fraction of sp³-hybridized carbons (Fsp3) is 0.176. The fourth-order valence-corrected chi connectivity index (χ4v) is 2.42. The minimum absolute atomic E-state index is 0.105. The third-order valence-corrected chi connectivity index (χ3v) is 3.66. The van der Waals surface area contributed by atoms with Crippen molar-refractivity contribution >= 4 is 17.2 Å². The highest BCUT2D eigenvalue weighted by molar-refractivity contribution is 5.91. The van der Waals surface area contributed by atoms with Crippen molar-refractivity contribution in [3.63, 3.8) is 0 Å². The third kappa shape index (κ3) is 2.58. The number of aryl methyl sites for hydroxylation is 1. The van der Waals surface area contributed by atoms with Crippen LogP contribution < -0.4 is 5.32 Å². The number of benzene rings is 1. The normalized spacial score (nSPS) is 10.6. The van der Waals surface area contributed by atoms with Gasteiger partial charge in [-0.2, -0.15) is 10.4 Å². The van der Waals surface area contributed by atoms with Gasteiger partial charge >= 0.3 is 0 Å². The van der Waals surface area contributed by atoms with Gasteiger partial charge in [-0.05, 0) is 31.2 Å². The SMILES string of the molecule is CCC(=O)Nc1cc(-c2ccnc3c(C#N)c(C)nn23)ccc1F. The van der Waals surface area contributed by atoms with Gasteiger partial charge in [-0.3, -0.25) is 4.79 Å². The molecule has 120 valence electrons. The maximum Gasteiger partial charge on any atom is 0.224 e. The molecule has 0 aliphatic heterocycles. The highest BCUT2D eigenvalue weighted by Crippen LogP contribution is 2.26. The number of amides is 1. The van der Waals surface area contributed by atoms with E-state index in [0.29, 0.717) is 28.2 Å². The van der Waals surface area contributed by atoms with Crippen molar-refractivity contribution in [2.24, 2.45) is 0 Å². The Morgan fingerprint density at radius 2 is 2.21 bits per heavy atom. The van der Waals surface area contributed by atoms with Gasteiger partial charge in [-0.1, -0.05) is 6.92 Å². The Kier molecular flexibility index (Phi) is 3.96. The first-order chi connectivity index (χ1) is 11.5. The lowest BCUT2D eigenvalue weighted by Crippen LogP contribution is -2.11. The van der Waals surface area contributed by atoms with E-state index in [4.69, 9.17) is 0 Å². The minimum atomic E-state index is -0.514. The van der Waals surface area contributed by atoms with E-state index in [1.165, 1.54) is 6.07 Å². The monoisotopic (exact) mass is 323 g/mol. The number of hydrogen-bond acceptors (Lipinski definition) is 4. The minimum Gasteiger partial charge on any atom is -0.324 e. The second-order valence-electron chi connectivity index (χ2n) is 5.23. The van der Waals surface area contributed by atoms with Crippen molar-refractivity contribution in [2.75, 3.05) is 5.32 Å². The van der Waals surface area contributed by atoms with Crippen LogP contribution in [0.5, 0.6) is 0 Å². The smallest absolute Gasteiger partial charge is 0.224 e. The van der Waals surface area contributed by atoms with Crippen LogP contribution in [-0.4, -0.2) is 20.5 Å². The summed E-state index contributed by atoms with van der Waals surface area (Å²) in [5, 5.41) is 16.1. The second-order valence-corrected chi connectivity index (χ2v) is 5.23. The number of fused-ring (bicyclic) bond motifs is 1. The Morgan fingerprint density at radius 1 is 1.42 bits per heavy atom. The number of nitrogens with one attached hydrogen (secondary N) is 1. The van der Waals surface area contributed by atoms with Crippen molar-refractivity contribution < 1.29 is 9.18 Å². The van der Waals surface area contributed by atoms with Crippen LogP contribution in [0.15, 0.2) is 30.5 Å². The number of hydrogen-bond donors (Lipinski definition) is 1. The van der Waals surface area contributed by atoms with Gasteiger partial charge in [0.25, 0.3) is 0 Å². The van der Waals surface area contributed by atoms with E-state index in [1.807, 2.05) is 0 Å². The number of nitriles is 1. The predicted molar refractivity (Wildman–Crippen MR) is 86.8 cm³/mol. The van der Waals surface area contributed by atoms with Gasteiger partial charge < -0.3 is 5.32 Å². The Morgan fingerprint density at radius 3 is 2.92 bits per heavy atom. The van der Waals surface area contributed by atoms with Crippen LogP contribution in [-0.2, 0) is 4.79 Å². The van der Waals surface area contributed by atoms with Crippen molar-refractivity contribution in [3.8, 4) is 17.3 Å². The summed E-state index contributed by atoms with van der Waals surface area (Å²) in [5.41, 5.74) is 2.82. The summed E-state index contributed by atoms with van der Waals surface area (Å²) in [7, 11) is 0. The average molecular weight is 323 g/mol. The molecule has 2 aromatic heterocycles. The molecule has 1 amide bonds. The molecule has 0 saturated heterocycles. The zero-order valence-electron chi connectivity index (χ0n) is 13.2. The van der Waals surface area contributed by atoms with Gasteiger partial charge in [0.2, 0.25) is 5.91 Å². The fourth-order valence-electron chi connectivity index (χ4n) is 2.42. The zero-order valence-corrected chi connectivity index (χ0v) is 13.2. The van der Waals surface area contributed by atoms with Crippen LogP contribution in [0.4, 0.5) is 10.1 Å². The quantitative estimate of drug-likeness (QED) is 0.803. The molecular formula is C17H14FN5O. The maximum absolute atomic E-state index is 13.9. The first-order valence-electron chi connectivity index (χ1n) is 7.39. The van der Waals surface area contributed by atoms with E-state index in [0.717, 1.165) is 0 Å². The van der Waals surface area contributed by atoms with Crippen molar-refractivity contribution in [1.29, 1.82) is 5.26 Å². The van der Waals surface area contributed by atoms with Crippen molar-refractivity contribution in [3.05, 3.63) is 47.5 Å². The van der Waals surface area contributed by atoms with Gasteiger partial charge in [-0.25, -0.2) is 13.9 Å². The predicted octanol–water partition coefficient (Wildman–Crippen LogP) is 3.06. The van der Waals surface area contributed by atoms with E-state index in [9.17, 15) is 14.4 Å². The van der Waals surface area contributed by atoms with Gasteiger partial charge in [0, 0.05) is 18.2 Å². The van der Waals surface area contributed by atoms with Gasteiger partial charge in [0.1, 0.15) is 17.4 Å². The second kappa shape index (κ2) is 6.08. The first-order valence-corrected chi connectivity index (χ1v) is 7.39. The molecular weight excluding hydrogens is 309 g/mol. The lowest BCUT2D eigenvalue weighted by atomic mass is 10.1. The Labute approximate surface area is 137 Å². The number of aromatic nitrogens is 3. The number of nitrogens with zero attached hydrogens (tertiary/aromatic N) is 4. The molecule has 3 rings (SSSR count). The molecule has 1 aromatic carbocycles. The van der Waals surface area contributed by atoms with E-state index in [1.54, 1.807) is 42.8 Å². The molecule has 0 aliphatic carbocycles. The summed E-state index contributed by atoms with van der Waals surface area (Å²) in [4.78, 5) is 15.7. The number of carbonyl (C=O) groups is 1. The number of anilines is 1. The molecule has 0 unspecified atom stereocenters. The maximum atomic E-state index is 13.9. The van der Waals surface area contributed by atoms with Crippen LogP contribution in [0.2, 0.25) is 0 Å². The lowest BCUT2D eigenvalue weighted by Gasteiger charge is -2.09. The Bertz CT molecular complexity index is 987. The Hall–Kier alpha value is -3.27. The van der Waals surface area contributed by atoms with Crippen molar-refractivity contribution in [2.45, 2.75) is 20.3 Å². The number of rotatable bonds is 3. The van der Waals surface area contributed by atoms with Crippen LogP contribution in [0, 0.1) is 24.1 Å². The molecule has 0 atom stereocenters. The summed E-state index contributed by atoms with van der Waals surface area (Å²) in [6, 6.07) is 8.23. The average Bonchev–Trinajstić information content (AvgIpc) is 2.91. The zero-order chi connectivity index (χ0) is 17.3. The topological polar surface area (TPSA) is 83.1 Å². The molecule has 0 saturated carbocycles. The summed E-state index contributed by atoms with van der Waals surface area (Å²) in [6.45, 7) is 3.42. The number of halogens is 1. The summed E-state index contributed by atoms with van der Waals surface area (Å²) in [5.74, 6) is -0.784. The Balaban J connectivity index is 2.16. The van der Waals surface area contributed by atoms with Crippen LogP contribution in [0.3, 0.4) is 0 Å². The molecule has 3 aromatic rings. The molecule has 0 aliphatic rings. The number of carbonyl (C=O) groups excluding carboxylic acids is 1. The summed E-state index contributed by atoms with van der Waals surface area (Å²) >= 11 is 0. The molecule has 6 nitrogen and oxygen atoms in total. The van der Waals surface area contributed by atoms with Crippen molar-refractivity contribution in [1.82, 2.24) is 14.6 Å². The lowest BCUT2D eigenvalue weighted by molar-refractivity contribution is -0.115. The van der Waals surface area contributed by atoms with Gasteiger partial charge in [0.15, 0.2) is 5.65 Å². The molecule has 0 fully saturated rings. The molecule has 2 heterocycles. The highest BCUT2D eigenvalue weighted by atomic mass is 19.1. The van der Waals surface area contributed by atoms with E-state index < -0.39 is 5.82 Å². The largest absolute Gasteiger partial charge is 0.324 e. The summed E-state index contributed by atoms with van der Waals surface area (Å²) in [6.07, 6.45) is 1.83.